The molecule has 1 fully saturated rings. The SMILES string of the molecule is NC(=O)c1cc(C(=O)N2C[C@@H](O)[C@H](NC(=O)c3cc(Cl)sc3Cl)C2)c[nH]1. The van der Waals surface area contributed by atoms with Crippen LogP contribution < -0.4 is 11.1 Å². The molecule has 3 amide bonds. The van der Waals surface area contributed by atoms with E-state index in [2.05, 4.69) is 10.3 Å². The molecule has 2 aromatic heterocycles. The molecule has 2 aromatic rings. The van der Waals surface area contributed by atoms with Crippen LogP contribution in [0.2, 0.25) is 8.67 Å². The summed E-state index contributed by atoms with van der Waals surface area (Å²) in [6.45, 7) is 0.150. The van der Waals surface area contributed by atoms with Crippen molar-refractivity contribution in [3.63, 3.8) is 0 Å². The van der Waals surface area contributed by atoms with Crippen LogP contribution >= 0.6 is 34.5 Å². The molecular formula is C15H14Cl2N4O4S. The van der Waals surface area contributed by atoms with Crippen LogP contribution in [0.3, 0.4) is 0 Å². The highest BCUT2D eigenvalue weighted by atomic mass is 35.5. The second-order valence-electron chi connectivity index (χ2n) is 5.76. The molecule has 0 bridgehead atoms. The van der Waals surface area contributed by atoms with Gasteiger partial charge in [-0.25, -0.2) is 0 Å². The van der Waals surface area contributed by atoms with Crippen molar-refractivity contribution in [3.8, 4) is 0 Å². The number of rotatable bonds is 4. The number of hydrogen-bond acceptors (Lipinski definition) is 5. The van der Waals surface area contributed by atoms with E-state index in [0.717, 1.165) is 11.3 Å². The zero-order valence-electron chi connectivity index (χ0n) is 13.2. The Bertz CT molecular complexity index is 881. The zero-order valence-corrected chi connectivity index (χ0v) is 15.5. The average Bonchev–Trinajstić information content (AvgIpc) is 3.26. The first-order chi connectivity index (χ1) is 12.3. The normalized spacial score (nSPS) is 19.6. The highest BCUT2D eigenvalue weighted by Gasteiger charge is 2.36. The lowest BCUT2D eigenvalue weighted by Gasteiger charge is -2.16. The minimum Gasteiger partial charge on any atom is -0.389 e. The van der Waals surface area contributed by atoms with Crippen molar-refractivity contribution in [1.82, 2.24) is 15.2 Å². The molecule has 1 aliphatic heterocycles. The highest BCUT2D eigenvalue weighted by Crippen LogP contribution is 2.31. The van der Waals surface area contributed by atoms with Gasteiger partial charge in [0.1, 0.15) is 10.0 Å². The van der Waals surface area contributed by atoms with Gasteiger partial charge in [-0.2, -0.15) is 0 Å². The van der Waals surface area contributed by atoms with Crippen molar-refractivity contribution in [3.05, 3.63) is 43.8 Å². The topological polar surface area (TPSA) is 129 Å². The molecule has 0 aliphatic carbocycles. The van der Waals surface area contributed by atoms with E-state index in [4.69, 9.17) is 28.9 Å². The van der Waals surface area contributed by atoms with Gasteiger partial charge < -0.3 is 26.0 Å². The first-order valence-corrected chi connectivity index (χ1v) is 9.04. The fourth-order valence-corrected chi connectivity index (χ4v) is 4.14. The Kier molecular flexibility index (Phi) is 5.24. The summed E-state index contributed by atoms with van der Waals surface area (Å²) in [6.07, 6.45) is 0.429. The van der Waals surface area contributed by atoms with Crippen LogP contribution in [0.1, 0.15) is 31.2 Å². The molecule has 8 nitrogen and oxygen atoms in total. The average molecular weight is 417 g/mol. The summed E-state index contributed by atoms with van der Waals surface area (Å²) < 4.78 is 0.626. The minimum absolute atomic E-state index is 0.0407. The fourth-order valence-electron chi connectivity index (χ4n) is 2.68. The largest absolute Gasteiger partial charge is 0.389 e. The number of nitrogens with zero attached hydrogens (tertiary/aromatic N) is 1. The van der Waals surface area contributed by atoms with E-state index >= 15 is 0 Å². The molecule has 0 radical (unpaired) electrons. The number of halogens is 2. The van der Waals surface area contributed by atoms with Gasteiger partial charge in [-0.15, -0.1) is 11.3 Å². The Balaban J connectivity index is 1.67. The third-order valence-corrected chi connectivity index (χ3v) is 5.48. The molecule has 138 valence electrons. The predicted octanol–water partition coefficient (Wildman–Crippen LogP) is 1.10. The zero-order chi connectivity index (χ0) is 19.0. The van der Waals surface area contributed by atoms with Crippen molar-refractivity contribution >= 4 is 52.3 Å². The predicted molar refractivity (Wildman–Crippen MR) is 96.8 cm³/mol. The minimum atomic E-state index is -0.940. The summed E-state index contributed by atoms with van der Waals surface area (Å²) in [6, 6.07) is 2.13. The maximum atomic E-state index is 12.5. The summed E-state index contributed by atoms with van der Waals surface area (Å²) in [5.74, 6) is -1.54. The Morgan fingerprint density at radius 3 is 2.62 bits per heavy atom. The van der Waals surface area contributed by atoms with Crippen LogP contribution in [0.4, 0.5) is 0 Å². The number of amides is 3. The molecule has 3 rings (SSSR count). The summed E-state index contributed by atoms with van der Waals surface area (Å²) in [4.78, 5) is 39.9. The van der Waals surface area contributed by atoms with Crippen LogP contribution in [0, 0.1) is 0 Å². The number of aliphatic hydroxyl groups is 1. The Morgan fingerprint density at radius 1 is 1.31 bits per heavy atom. The van der Waals surface area contributed by atoms with Crippen molar-refractivity contribution in [2.24, 2.45) is 5.73 Å². The summed E-state index contributed by atoms with van der Waals surface area (Å²) in [5.41, 5.74) is 5.72. The number of aliphatic hydroxyl groups excluding tert-OH is 1. The van der Waals surface area contributed by atoms with Crippen LogP contribution in [-0.2, 0) is 0 Å². The molecule has 2 atom stereocenters. The van der Waals surface area contributed by atoms with Crippen molar-refractivity contribution in [2.75, 3.05) is 13.1 Å². The van der Waals surface area contributed by atoms with Crippen LogP contribution in [-0.4, -0.2) is 57.9 Å². The van der Waals surface area contributed by atoms with Gasteiger partial charge in [0.2, 0.25) is 0 Å². The van der Waals surface area contributed by atoms with E-state index in [9.17, 15) is 19.5 Å². The van der Waals surface area contributed by atoms with Crippen molar-refractivity contribution in [2.45, 2.75) is 12.1 Å². The number of primary amides is 1. The van der Waals surface area contributed by atoms with Crippen molar-refractivity contribution < 1.29 is 19.5 Å². The quantitative estimate of drug-likeness (QED) is 0.594. The lowest BCUT2D eigenvalue weighted by Crippen LogP contribution is -2.43. The first-order valence-electron chi connectivity index (χ1n) is 7.47. The third-order valence-electron chi connectivity index (χ3n) is 3.99. The van der Waals surface area contributed by atoms with Gasteiger partial charge in [-0.3, -0.25) is 14.4 Å². The number of aromatic nitrogens is 1. The lowest BCUT2D eigenvalue weighted by molar-refractivity contribution is 0.0765. The number of carbonyl (C=O) groups excluding carboxylic acids is 3. The standard InChI is InChI=1S/C15H14Cl2N4O4S/c16-11-2-7(12(17)26-11)14(24)20-9-4-21(5-10(9)22)15(25)6-1-8(13(18)23)19-3-6/h1-3,9-10,19,22H,4-5H2,(H2,18,23)(H,20,24)/t9-,10-/m1/s1. The highest BCUT2D eigenvalue weighted by molar-refractivity contribution is 7.20. The molecular weight excluding hydrogens is 403 g/mol. The van der Waals surface area contributed by atoms with Gasteiger partial charge in [-0.05, 0) is 12.1 Å². The van der Waals surface area contributed by atoms with E-state index in [1.54, 1.807) is 0 Å². The number of likely N-dealkylation sites (tertiary alicyclic amines) is 1. The van der Waals surface area contributed by atoms with E-state index in [-0.39, 0.29) is 40.2 Å². The fraction of sp³-hybridized carbons (Fsp3) is 0.267. The second-order valence-corrected chi connectivity index (χ2v) is 8.05. The molecule has 26 heavy (non-hydrogen) atoms. The van der Waals surface area contributed by atoms with Crippen LogP contribution in [0.25, 0.3) is 0 Å². The molecule has 11 heteroatoms. The van der Waals surface area contributed by atoms with Gasteiger partial charge in [0.15, 0.2) is 0 Å². The summed E-state index contributed by atoms with van der Waals surface area (Å²) in [7, 11) is 0. The van der Waals surface area contributed by atoms with Gasteiger partial charge in [-0.1, -0.05) is 23.2 Å². The first kappa shape index (κ1) is 18.7. The summed E-state index contributed by atoms with van der Waals surface area (Å²) >= 11 is 12.8. The number of thiophene rings is 1. The molecule has 1 saturated heterocycles. The Labute approximate surface area is 161 Å². The number of nitrogens with one attached hydrogen (secondary N) is 2. The summed E-state index contributed by atoms with van der Waals surface area (Å²) in [5, 5.41) is 12.8. The van der Waals surface area contributed by atoms with Gasteiger partial charge in [0, 0.05) is 19.3 Å². The number of aromatic amines is 1. The van der Waals surface area contributed by atoms with Crippen LogP contribution in [0.15, 0.2) is 18.3 Å². The molecule has 0 spiro atoms. The van der Waals surface area contributed by atoms with E-state index in [1.807, 2.05) is 0 Å². The maximum Gasteiger partial charge on any atom is 0.265 e. The smallest absolute Gasteiger partial charge is 0.265 e. The van der Waals surface area contributed by atoms with Gasteiger partial charge >= 0.3 is 0 Å². The molecule has 5 N–H and O–H groups in total. The Morgan fingerprint density at radius 2 is 2.04 bits per heavy atom. The van der Waals surface area contributed by atoms with E-state index < -0.39 is 24.0 Å². The second kappa shape index (κ2) is 7.28. The lowest BCUT2D eigenvalue weighted by atomic mass is 10.2. The Hall–Kier alpha value is -2.07. The number of nitrogens with two attached hydrogens (primary N) is 1. The van der Waals surface area contributed by atoms with E-state index in [1.165, 1.54) is 23.2 Å². The van der Waals surface area contributed by atoms with Crippen molar-refractivity contribution in [1.29, 1.82) is 0 Å². The maximum absolute atomic E-state index is 12.5. The van der Waals surface area contributed by atoms with E-state index in [0.29, 0.717) is 4.34 Å². The third kappa shape index (κ3) is 3.70. The van der Waals surface area contributed by atoms with Gasteiger partial charge in [0.25, 0.3) is 17.7 Å². The van der Waals surface area contributed by atoms with Gasteiger partial charge in [0.05, 0.1) is 27.6 Å². The number of β-amino-alcohol motifs (C(OH)–C–C–N with tert-alkyl or cyclic N) is 1. The number of hydrogen-bond donors (Lipinski definition) is 4. The molecule has 3 heterocycles. The molecule has 0 unspecified atom stereocenters. The molecule has 0 aromatic carbocycles. The van der Waals surface area contributed by atoms with Crippen LogP contribution in [0.5, 0.6) is 0 Å². The molecule has 0 saturated carbocycles. The monoisotopic (exact) mass is 416 g/mol. The number of H-pyrrole nitrogens is 1. The number of carbonyl (C=O) groups is 3. The molecule has 1 aliphatic rings.